The van der Waals surface area contributed by atoms with Crippen LogP contribution in [0.25, 0.3) is 0 Å². The van der Waals surface area contributed by atoms with E-state index in [4.69, 9.17) is 4.74 Å². The minimum absolute atomic E-state index is 0.420. The highest BCUT2D eigenvalue weighted by atomic mass is 32.1. The summed E-state index contributed by atoms with van der Waals surface area (Å²) in [5, 5.41) is 13.9. The third-order valence-corrected chi connectivity index (χ3v) is 6.98. The first-order valence-electron chi connectivity index (χ1n) is 12.7. The average molecular weight is 502 g/mol. The lowest BCUT2D eigenvalue weighted by Gasteiger charge is -2.17. The van der Waals surface area contributed by atoms with Crippen molar-refractivity contribution in [1.82, 2.24) is 20.1 Å². The first-order chi connectivity index (χ1) is 17.6. The molecule has 7 heteroatoms. The van der Waals surface area contributed by atoms with Crippen LogP contribution in [0.15, 0.2) is 72.9 Å². The van der Waals surface area contributed by atoms with E-state index in [0.29, 0.717) is 11.8 Å². The largest absolute Gasteiger partial charge is 0.437 e. The second-order valence-corrected chi connectivity index (χ2v) is 10.2. The van der Waals surface area contributed by atoms with Crippen LogP contribution in [-0.4, -0.2) is 33.7 Å². The summed E-state index contributed by atoms with van der Waals surface area (Å²) in [4.78, 5) is 6.83. The summed E-state index contributed by atoms with van der Waals surface area (Å²) in [5.41, 5.74) is 3.31. The number of hydrogen-bond donors (Lipinski definition) is 1. The van der Waals surface area contributed by atoms with Crippen molar-refractivity contribution in [3.05, 3.63) is 89.1 Å². The molecule has 1 atom stereocenters. The monoisotopic (exact) mass is 501 g/mol. The number of anilines is 2. The quantitative estimate of drug-likeness (QED) is 0.205. The van der Waals surface area contributed by atoms with Crippen LogP contribution in [0.2, 0.25) is 0 Å². The number of nitrogens with one attached hydrogen (secondary N) is 1. The molecule has 6 nitrogen and oxygen atoms in total. The average Bonchev–Trinajstić information content (AvgIpc) is 3.33. The summed E-state index contributed by atoms with van der Waals surface area (Å²) in [6, 6.07) is 22.6. The second-order valence-electron chi connectivity index (χ2n) is 9.14. The number of rotatable bonds is 13. The van der Waals surface area contributed by atoms with Crippen LogP contribution < -0.4 is 10.1 Å². The second kappa shape index (κ2) is 13.1. The molecule has 36 heavy (non-hydrogen) atoms. The molecule has 1 N–H and O–H groups in total. The van der Waals surface area contributed by atoms with Crippen molar-refractivity contribution in [2.24, 2.45) is 0 Å². The molecule has 0 bridgehead atoms. The van der Waals surface area contributed by atoms with Gasteiger partial charge in [-0.2, -0.15) is 0 Å². The van der Waals surface area contributed by atoms with Crippen LogP contribution in [0.5, 0.6) is 11.6 Å². The summed E-state index contributed by atoms with van der Waals surface area (Å²) in [7, 11) is 2.16. The van der Waals surface area contributed by atoms with Crippen LogP contribution in [0.1, 0.15) is 55.2 Å². The molecule has 4 aromatic rings. The van der Waals surface area contributed by atoms with E-state index in [2.05, 4.69) is 88.8 Å². The molecular formula is C29H35N5OS. The zero-order valence-corrected chi connectivity index (χ0v) is 22.2. The lowest BCUT2D eigenvalue weighted by Crippen LogP contribution is -2.19. The summed E-state index contributed by atoms with van der Waals surface area (Å²) < 4.78 is 6.30. The molecule has 1 unspecified atom stereocenters. The maximum Gasteiger partial charge on any atom is 0.243 e. The number of hydrogen-bond acceptors (Lipinski definition) is 7. The fourth-order valence-electron chi connectivity index (χ4n) is 4.24. The van der Waals surface area contributed by atoms with Gasteiger partial charge in [-0.25, -0.2) is 4.98 Å². The Morgan fingerprint density at radius 3 is 2.64 bits per heavy atom. The van der Waals surface area contributed by atoms with E-state index in [1.165, 1.54) is 11.1 Å². The van der Waals surface area contributed by atoms with Crippen molar-refractivity contribution in [2.45, 2.75) is 52.0 Å². The van der Waals surface area contributed by atoms with Crippen molar-refractivity contribution in [2.75, 3.05) is 18.9 Å². The topological polar surface area (TPSA) is 63.2 Å². The standard InChI is InChI=1S/C29H35N5OS/c1-4-12-22(2)24-15-8-9-17-26(24)35-28-25(16-10-19-30-28)31-29-33-32-27(36-29)18-11-20-34(3)21-23-13-6-5-7-14-23/h5-10,13-17,19,22H,4,11-12,18,20-21H2,1-3H3,(H,31,33). The molecule has 0 aliphatic heterocycles. The molecule has 4 rings (SSSR count). The Balaban J connectivity index is 1.35. The van der Waals surface area contributed by atoms with Gasteiger partial charge in [-0.15, -0.1) is 10.2 Å². The van der Waals surface area contributed by atoms with Crippen molar-refractivity contribution < 1.29 is 4.74 Å². The van der Waals surface area contributed by atoms with Gasteiger partial charge in [-0.1, -0.05) is 80.1 Å². The number of aromatic nitrogens is 3. The predicted octanol–water partition coefficient (Wildman–Crippen LogP) is 7.44. The molecule has 0 saturated heterocycles. The molecule has 2 heterocycles. The Bertz CT molecular complexity index is 1210. The van der Waals surface area contributed by atoms with Gasteiger partial charge in [-0.3, -0.25) is 0 Å². The van der Waals surface area contributed by atoms with Crippen LogP contribution in [0.3, 0.4) is 0 Å². The molecule has 0 aliphatic rings. The van der Waals surface area contributed by atoms with Gasteiger partial charge in [0.15, 0.2) is 0 Å². The molecule has 0 amide bonds. The zero-order valence-electron chi connectivity index (χ0n) is 21.4. The highest BCUT2D eigenvalue weighted by molar-refractivity contribution is 7.15. The lowest BCUT2D eigenvalue weighted by atomic mass is 9.96. The van der Waals surface area contributed by atoms with Gasteiger partial charge in [-0.05, 0) is 61.7 Å². The van der Waals surface area contributed by atoms with Crippen molar-refractivity contribution in [1.29, 1.82) is 0 Å². The summed E-state index contributed by atoms with van der Waals surface area (Å²) in [6.45, 7) is 6.41. The van der Waals surface area contributed by atoms with Gasteiger partial charge in [0.1, 0.15) is 16.4 Å². The lowest BCUT2D eigenvalue weighted by molar-refractivity contribution is 0.322. The number of pyridine rings is 1. The van der Waals surface area contributed by atoms with E-state index in [-0.39, 0.29) is 0 Å². The van der Waals surface area contributed by atoms with Gasteiger partial charge in [0.05, 0.1) is 0 Å². The van der Waals surface area contributed by atoms with E-state index in [1.807, 2.05) is 24.3 Å². The predicted molar refractivity (Wildman–Crippen MR) is 148 cm³/mol. The SMILES string of the molecule is CCCC(C)c1ccccc1Oc1ncccc1Nc1nnc(CCCN(C)Cc2ccccc2)s1. The highest BCUT2D eigenvalue weighted by Crippen LogP contribution is 2.35. The summed E-state index contributed by atoms with van der Waals surface area (Å²) in [6.07, 6.45) is 5.93. The van der Waals surface area contributed by atoms with Crippen LogP contribution >= 0.6 is 11.3 Å². The number of para-hydroxylation sites is 1. The number of aryl methyl sites for hydroxylation is 1. The summed E-state index contributed by atoms with van der Waals surface area (Å²) in [5.74, 6) is 1.80. The molecule has 0 saturated carbocycles. The Hall–Kier alpha value is -3.29. The molecule has 0 spiro atoms. The first-order valence-corrected chi connectivity index (χ1v) is 13.5. The molecule has 0 fully saturated rings. The summed E-state index contributed by atoms with van der Waals surface area (Å²) >= 11 is 1.58. The Kier molecular flexibility index (Phi) is 9.41. The van der Waals surface area contributed by atoms with Gasteiger partial charge in [0.2, 0.25) is 11.0 Å². The third kappa shape index (κ3) is 7.35. The van der Waals surface area contributed by atoms with Crippen LogP contribution in [0, 0.1) is 0 Å². The zero-order chi connectivity index (χ0) is 25.2. The number of nitrogens with zero attached hydrogens (tertiary/aromatic N) is 4. The van der Waals surface area contributed by atoms with Crippen LogP contribution in [0.4, 0.5) is 10.8 Å². The maximum absolute atomic E-state index is 6.30. The molecule has 0 aliphatic carbocycles. The fraction of sp³-hybridized carbons (Fsp3) is 0.345. The third-order valence-electron chi connectivity index (χ3n) is 6.08. The van der Waals surface area contributed by atoms with E-state index in [9.17, 15) is 0 Å². The number of benzene rings is 2. The van der Waals surface area contributed by atoms with Gasteiger partial charge < -0.3 is 15.0 Å². The molecule has 0 radical (unpaired) electrons. The minimum Gasteiger partial charge on any atom is -0.437 e. The maximum atomic E-state index is 6.30. The molecule has 2 aromatic carbocycles. The van der Waals surface area contributed by atoms with Crippen LogP contribution in [-0.2, 0) is 13.0 Å². The van der Waals surface area contributed by atoms with Gasteiger partial charge in [0.25, 0.3) is 0 Å². The van der Waals surface area contributed by atoms with E-state index in [0.717, 1.165) is 60.3 Å². The van der Waals surface area contributed by atoms with Crippen molar-refractivity contribution in [3.8, 4) is 11.6 Å². The Labute approximate surface area is 218 Å². The van der Waals surface area contributed by atoms with Gasteiger partial charge in [0, 0.05) is 19.2 Å². The first kappa shape index (κ1) is 25.8. The van der Waals surface area contributed by atoms with Gasteiger partial charge >= 0.3 is 0 Å². The minimum atomic E-state index is 0.420. The number of ether oxygens (including phenoxy) is 1. The van der Waals surface area contributed by atoms with Crippen molar-refractivity contribution in [3.63, 3.8) is 0 Å². The normalized spacial score (nSPS) is 12.0. The van der Waals surface area contributed by atoms with Crippen molar-refractivity contribution >= 4 is 22.2 Å². The smallest absolute Gasteiger partial charge is 0.243 e. The molecule has 2 aromatic heterocycles. The molecular weight excluding hydrogens is 466 g/mol. The van der Waals surface area contributed by atoms with E-state index >= 15 is 0 Å². The van der Waals surface area contributed by atoms with E-state index in [1.54, 1.807) is 17.5 Å². The highest BCUT2D eigenvalue weighted by Gasteiger charge is 2.15. The van der Waals surface area contributed by atoms with E-state index < -0.39 is 0 Å². The molecule has 188 valence electrons. The Morgan fingerprint density at radius 1 is 1.00 bits per heavy atom. The Morgan fingerprint density at radius 2 is 1.81 bits per heavy atom. The fourth-order valence-corrected chi connectivity index (χ4v) is 5.03.